The average Bonchev–Trinajstić information content (AvgIpc) is 2.27. The second kappa shape index (κ2) is 5.91. The summed E-state index contributed by atoms with van der Waals surface area (Å²) in [5.41, 5.74) is 0.605. The van der Waals surface area contributed by atoms with Gasteiger partial charge >= 0.3 is 0 Å². The lowest BCUT2D eigenvalue weighted by molar-refractivity contribution is 0.101. The van der Waals surface area contributed by atoms with Gasteiger partial charge in [0.05, 0.1) is 0 Å². The van der Waals surface area contributed by atoms with Crippen molar-refractivity contribution in [2.75, 3.05) is 24.0 Å². The molecular formula is C12H18N2O2S. The number of Topliss-reactive ketones (excluding diaryl/α,β-unsaturated/α-hetero) is 1. The van der Waals surface area contributed by atoms with Crippen LogP contribution in [0.5, 0.6) is 0 Å². The minimum atomic E-state index is -0.825. The molecule has 0 saturated heterocycles. The van der Waals surface area contributed by atoms with E-state index in [1.807, 2.05) is 24.9 Å². The van der Waals surface area contributed by atoms with Gasteiger partial charge < -0.3 is 4.90 Å². The van der Waals surface area contributed by atoms with Gasteiger partial charge in [-0.05, 0) is 26.0 Å². The molecule has 1 aromatic rings. The number of anilines is 1. The predicted octanol–water partition coefficient (Wildman–Crippen LogP) is 1.49. The minimum absolute atomic E-state index is 0.00872. The van der Waals surface area contributed by atoms with Gasteiger partial charge in [0.25, 0.3) is 0 Å². The Morgan fingerprint density at radius 3 is 2.59 bits per heavy atom. The van der Waals surface area contributed by atoms with Crippen LogP contribution in [0, 0.1) is 0 Å². The molecule has 0 N–H and O–H groups in total. The summed E-state index contributed by atoms with van der Waals surface area (Å²) in [7, 11) is 1.08. The van der Waals surface area contributed by atoms with Crippen molar-refractivity contribution >= 4 is 22.4 Å². The van der Waals surface area contributed by atoms with Crippen molar-refractivity contribution < 1.29 is 9.00 Å². The summed E-state index contributed by atoms with van der Waals surface area (Å²) in [6.45, 7) is 3.52. The van der Waals surface area contributed by atoms with Crippen LogP contribution in [-0.4, -0.2) is 40.1 Å². The van der Waals surface area contributed by atoms with Crippen molar-refractivity contribution in [3.63, 3.8) is 0 Å². The zero-order valence-electron chi connectivity index (χ0n) is 10.6. The molecule has 94 valence electrons. The molecule has 0 amide bonds. The fraction of sp³-hybridized carbons (Fsp3) is 0.500. The monoisotopic (exact) mass is 254 g/mol. The van der Waals surface area contributed by atoms with Crippen molar-refractivity contribution in [2.45, 2.75) is 19.9 Å². The second-order valence-electron chi connectivity index (χ2n) is 4.16. The van der Waals surface area contributed by atoms with E-state index in [0.29, 0.717) is 11.3 Å². The summed E-state index contributed by atoms with van der Waals surface area (Å²) >= 11 is 0. The lowest BCUT2D eigenvalue weighted by Crippen LogP contribution is -2.33. The summed E-state index contributed by atoms with van der Waals surface area (Å²) in [6.07, 6.45) is 3.26. The standard InChI is InChI=1S/C12H18N2O2S/c1-9(8-17(4)16)14(3)12-6-5-11(7-13-12)10(2)15/h5-7,9H,8H2,1-4H3/t9-,17-/m0/s1. The van der Waals surface area contributed by atoms with Gasteiger partial charge in [0, 0.05) is 47.7 Å². The summed E-state index contributed by atoms with van der Waals surface area (Å²) in [5.74, 6) is 1.40. The number of carbonyl (C=O) groups excluding carboxylic acids is 1. The third kappa shape index (κ3) is 3.93. The van der Waals surface area contributed by atoms with E-state index in [4.69, 9.17) is 0 Å². The number of ketones is 1. The Morgan fingerprint density at radius 2 is 2.18 bits per heavy atom. The normalized spacial score (nSPS) is 14.1. The SMILES string of the molecule is CC(=O)c1ccc(N(C)[C@@H](C)C[S@](C)=O)nc1. The first-order chi connectivity index (χ1) is 7.91. The molecule has 1 rings (SSSR count). The van der Waals surface area contributed by atoms with E-state index in [1.54, 1.807) is 18.5 Å². The zero-order chi connectivity index (χ0) is 13.0. The van der Waals surface area contributed by atoms with E-state index in [9.17, 15) is 9.00 Å². The molecule has 0 bridgehead atoms. The van der Waals surface area contributed by atoms with E-state index < -0.39 is 10.8 Å². The summed E-state index contributed by atoms with van der Waals surface area (Å²) in [6, 6.07) is 3.72. The van der Waals surface area contributed by atoms with Crippen LogP contribution < -0.4 is 4.90 Å². The molecule has 2 atom stereocenters. The van der Waals surface area contributed by atoms with Gasteiger partial charge in [0.2, 0.25) is 0 Å². The van der Waals surface area contributed by atoms with E-state index in [2.05, 4.69) is 4.98 Å². The topological polar surface area (TPSA) is 50.3 Å². The second-order valence-corrected chi connectivity index (χ2v) is 5.64. The zero-order valence-corrected chi connectivity index (χ0v) is 11.5. The van der Waals surface area contributed by atoms with Crippen LogP contribution in [0.4, 0.5) is 5.82 Å². The number of aromatic nitrogens is 1. The molecule has 0 fully saturated rings. The van der Waals surface area contributed by atoms with E-state index in [-0.39, 0.29) is 11.8 Å². The lowest BCUT2D eigenvalue weighted by atomic mass is 10.2. The largest absolute Gasteiger partial charge is 0.356 e. The highest BCUT2D eigenvalue weighted by Crippen LogP contribution is 2.13. The average molecular weight is 254 g/mol. The molecule has 0 radical (unpaired) electrons. The third-order valence-corrected chi connectivity index (χ3v) is 3.60. The van der Waals surface area contributed by atoms with Crippen LogP contribution in [0.15, 0.2) is 18.3 Å². The van der Waals surface area contributed by atoms with Crippen LogP contribution >= 0.6 is 0 Å². The fourth-order valence-corrected chi connectivity index (χ4v) is 2.38. The van der Waals surface area contributed by atoms with Crippen molar-refractivity contribution in [1.29, 1.82) is 0 Å². The number of hydrogen-bond donors (Lipinski definition) is 0. The van der Waals surface area contributed by atoms with Crippen LogP contribution in [0.25, 0.3) is 0 Å². The van der Waals surface area contributed by atoms with Crippen molar-refractivity contribution in [3.05, 3.63) is 23.9 Å². The Labute approximate surface area is 105 Å². The Morgan fingerprint density at radius 1 is 1.53 bits per heavy atom. The lowest BCUT2D eigenvalue weighted by Gasteiger charge is -2.25. The van der Waals surface area contributed by atoms with Gasteiger partial charge in [-0.3, -0.25) is 9.00 Å². The first kappa shape index (κ1) is 13.8. The highest BCUT2D eigenvalue weighted by Gasteiger charge is 2.12. The van der Waals surface area contributed by atoms with E-state index in [1.165, 1.54) is 6.92 Å². The van der Waals surface area contributed by atoms with Gasteiger partial charge in [-0.2, -0.15) is 0 Å². The maximum absolute atomic E-state index is 11.2. The minimum Gasteiger partial charge on any atom is -0.356 e. The van der Waals surface area contributed by atoms with Crippen LogP contribution in [0.2, 0.25) is 0 Å². The number of pyridine rings is 1. The Bertz CT molecular complexity index is 417. The molecule has 5 heteroatoms. The van der Waals surface area contributed by atoms with Gasteiger partial charge in [-0.25, -0.2) is 4.98 Å². The first-order valence-electron chi connectivity index (χ1n) is 5.41. The summed E-state index contributed by atoms with van der Waals surface area (Å²) in [5, 5.41) is 0. The molecule has 4 nitrogen and oxygen atoms in total. The molecule has 0 aliphatic rings. The van der Waals surface area contributed by atoms with E-state index in [0.717, 1.165) is 5.82 Å². The predicted molar refractivity (Wildman–Crippen MR) is 71.0 cm³/mol. The Hall–Kier alpha value is -1.23. The first-order valence-corrected chi connectivity index (χ1v) is 7.14. The third-order valence-electron chi connectivity index (χ3n) is 2.65. The fourth-order valence-electron chi connectivity index (χ4n) is 1.48. The Balaban J connectivity index is 2.78. The van der Waals surface area contributed by atoms with Crippen molar-refractivity contribution in [3.8, 4) is 0 Å². The molecule has 0 aliphatic heterocycles. The highest BCUT2D eigenvalue weighted by atomic mass is 32.2. The maximum Gasteiger partial charge on any atom is 0.161 e. The van der Waals surface area contributed by atoms with Gasteiger partial charge in [-0.15, -0.1) is 0 Å². The molecule has 0 spiro atoms. The van der Waals surface area contributed by atoms with Gasteiger partial charge in [0.1, 0.15) is 5.82 Å². The maximum atomic E-state index is 11.2. The number of rotatable bonds is 5. The smallest absolute Gasteiger partial charge is 0.161 e. The van der Waals surface area contributed by atoms with Crippen molar-refractivity contribution in [2.24, 2.45) is 0 Å². The molecule has 17 heavy (non-hydrogen) atoms. The molecule has 0 aromatic carbocycles. The molecule has 1 aromatic heterocycles. The number of hydrogen-bond acceptors (Lipinski definition) is 4. The van der Waals surface area contributed by atoms with Gasteiger partial charge in [-0.1, -0.05) is 0 Å². The molecule has 0 aliphatic carbocycles. The molecule has 1 heterocycles. The molecule has 0 saturated carbocycles. The highest BCUT2D eigenvalue weighted by molar-refractivity contribution is 7.84. The number of carbonyl (C=O) groups is 1. The van der Waals surface area contributed by atoms with Crippen molar-refractivity contribution in [1.82, 2.24) is 4.98 Å². The van der Waals surface area contributed by atoms with Crippen LogP contribution in [0.3, 0.4) is 0 Å². The molecule has 0 unspecified atom stereocenters. The molecular weight excluding hydrogens is 236 g/mol. The van der Waals surface area contributed by atoms with Crippen LogP contribution in [0.1, 0.15) is 24.2 Å². The quantitative estimate of drug-likeness (QED) is 0.747. The Kier molecular flexibility index (Phi) is 4.81. The summed E-state index contributed by atoms with van der Waals surface area (Å²) < 4.78 is 11.2. The van der Waals surface area contributed by atoms with Gasteiger partial charge in [0.15, 0.2) is 5.78 Å². The van der Waals surface area contributed by atoms with Crippen LogP contribution in [-0.2, 0) is 10.8 Å². The number of nitrogens with zero attached hydrogens (tertiary/aromatic N) is 2. The summed E-state index contributed by atoms with van der Waals surface area (Å²) in [4.78, 5) is 17.3. The van der Waals surface area contributed by atoms with E-state index >= 15 is 0 Å².